The smallest absolute Gasteiger partial charge is 0.196 e. The van der Waals surface area contributed by atoms with Crippen molar-refractivity contribution in [1.29, 1.82) is 0 Å². The van der Waals surface area contributed by atoms with Crippen LogP contribution >= 0.6 is 0 Å². The summed E-state index contributed by atoms with van der Waals surface area (Å²) >= 11 is 0. The molecule has 2 aromatic rings. The molecule has 0 N–H and O–H groups in total. The molecule has 28 heavy (non-hydrogen) atoms. The Balaban J connectivity index is 1.88. The van der Waals surface area contributed by atoms with Gasteiger partial charge in [-0.2, -0.15) is 0 Å². The Bertz CT molecular complexity index is 857. The Hall–Kier alpha value is -2.06. The van der Waals surface area contributed by atoms with Gasteiger partial charge >= 0.3 is 0 Å². The fourth-order valence-corrected chi connectivity index (χ4v) is 4.05. The van der Waals surface area contributed by atoms with Crippen molar-refractivity contribution in [3.05, 3.63) is 64.7 Å². The molecule has 0 saturated carbocycles. The highest BCUT2D eigenvalue weighted by atomic mass is 16.7. The van der Waals surface area contributed by atoms with Crippen molar-refractivity contribution in [2.45, 2.75) is 71.5 Å². The maximum Gasteiger partial charge on any atom is 0.196 e. The zero-order valence-electron chi connectivity index (χ0n) is 18.4. The Labute approximate surface area is 170 Å². The van der Waals surface area contributed by atoms with E-state index in [0.717, 1.165) is 5.75 Å². The van der Waals surface area contributed by atoms with E-state index >= 15 is 0 Å². The minimum Gasteiger partial charge on any atom is -0.465 e. The number of benzene rings is 2. The fraction of sp³-hybridized carbons (Fsp3) is 0.462. The van der Waals surface area contributed by atoms with Crippen LogP contribution in [0.3, 0.4) is 0 Å². The first-order chi connectivity index (χ1) is 13.1. The maximum atomic E-state index is 5.67. The Morgan fingerprint density at radius 3 is 2.14 bits per heavy atom. The monoisotopic (exact) mass is 378 g/mol. The molecule has 1 unspecified atom stereocenters. The lowest BCUT2D eigenvalue weighted by molar-refractivity contribution is -0.0382. The second-order valence-electron chi connectivity index (χ2n) is 9.35. The van der Waals surface area contributed by atoms with E-state index in [0.29, 0.717) is 0 Å². The maximum absolute atomic E-state index is 5.67. The topological polar surface area (TPSA) is 18.5 Å². The van der Waals surface area contributed by atoms with E-state index in [9.17, 15) is 0 Å². The molecule has 0 aliphatic heterocycles. The molecule has 0 saturated heterocycles. The van der Waals surface area contributed by atoms with Crippen LogP contribution in [-0.4, -0.2) is 13.4 Å². The first-order valence-electron chi connectivity index (χ1n) is 10.3. The van der Waals surface area contributed by atoms with E-state index in [2.05, 4.69) is 71.0 Å². The van der Waals surface area contributed by atoms with Gasteiger partial charge in [0.1, 0.15) is 5.75 Å². The second kappa shape index (κ2) is 7.75. The van der Waals surface area contributed by atoms with Crippen LogP contribution in [-0.2, 0) is 15.6 Å². The summed E-state index contributed by atoms with van der Waals surface area (Å²) in [6, 6.07) is 15.2. The van der Waals surface area contributed by atoms with Gasteiger partial charge in [-0.25, -0.2) is 0 Å². The first-order valence-corrected chi connectivity index (χ1v) is 10.3. The Morgan fingerprint density at radius 2 is 1.54 bits per heavy atom. The highest BCUT2D eigenvalue weighted by Gasteiger charge is 2.36. The average Bonchev–Trinajstić information content (AvgIpc) is 2.66. The van der Waals surface area contributed by atoms with E-state index in [1.165, 1.54) is 40.7 Å². The van der Waals surface area contributed by atoms with Gasteiger partial charge in [-0.3, -0.25) is 0 Å². The molecule has 1 aliphatic carbocycles. The molecule has 150 valence electrons. The van der Waals surface area contributed by atoms with Crippen molar-refractivity contribution < 1.29 is 9.47 Å². The fourth-order valence-electron chi connectivity index (χ4n) is 4.05. The van der Waals surface area contributed by atoms with Crippen LogP contribution < -0.4 is 4.74 Å². The first kappa shape index (κ1) is 20.7. The third-order valence-corrected chi connectivity index (χ3v) is 6.21. The average molecular weight is 379 g/mol. The van der Waals surface area contributed by atoms with Gasteiger partial charge < -0.3 is 9.47 Å². The number of allylic oxidation sites excluding steroid dienone is 1. The van der Waals surface area contributed by atoms with Gasteiger partial charge in [0.25, 0.3) is 0 Å². The number of hydrogen-bond acceptors (Lipinski definition) is 2. The Kier molecular flexibility index (Phi) is 5.72. The second-order valence-corrected chi connectivity index (χ2v) is 9.35. The molecule has 2 heteroatoms. The third kappa shape index (κ3) is 4.33. The summed E-state index contributed by atoms with van der Waals surface area (Å²) < 4.78 is 10.8. The summed E-state index contributed by atoms with van der Waals surface area (Å²) in [5.41, 5.74) is 7.26. The van der Waals surface area contributed by atoms with Crippen LogP contribution in [0.1, 0.15) is 76.6 Å². The van der Waals surface area contributed by atoms with Crippen molar-refractivity contribution >= 4 is 11.6 Å². The van der Waals surface area contributed by atoms with Crippen LogP contribution in [0.2, 0.25) is 0 Å². The number of rotatable bonds is 5. The highest BCUT2D eigenvalue weighted by molar-refractivity contribution is 5.80. The van der Waals surface area contributed by atoms with Crippen LogP contribution in [0.5, 0.6) is 5.75 Å². The third-order valence-electron chi connectivity index (χ3n) is 6.21. The van der Waals surface area contributed by atoms with Crippen molar-refractivity contribution in [3.8, 4) is 5.75 Å². The molecule has 0 bridgehead atoms. The van der Waals surface area contributed by atoms with Crippen LogP contribution in [0.25, 0.3) is 11.6 Å². The highest BCUT2D eigenvalue weighted by Crippen LogP contribution is 2.46. The van der Waals surface area contributed by atoms with Crippen molar-refractivity contribution in [2.24, 2.45) is 0 Å². The van der Waals surface area contributed by atoms with Gasteiger partial charge in [0, 0.05) is 7.11 Å². The zero-order chi connectivity index (χ0) is 20.5. The molecule has 0 heterocycles. The zero-order valence-corrected chi connectivity index (χ0v) is 18.4. The number of fused-ring (bicyclic) bond motifs is 1. The molecule has 2 aromatic carbocycles. The molecular formula is C26H34O2. The summed E-state index contributed by atoms with van der Waals surface area (Å²) in [5, 5.41) is 0. The molecule has 0 spiro atoms. The summed E-state index contributed by atoms with van der Waals surface area (Å²) in [5.74, 6) is 0.821. The standard InChI is InChI=1S/C26H34O2/c1-18(16-20-8-11-22(12-9-20)28-19(2)27-7)21-10-13-23-24(17-21)26(5,6)15-14-25(23,3)4/h8-13,16-17,19H,14-15H2,1-7H3/b18-16+. The van der Waals surface area contributed by atoms with Gasteiger partial charge in [-0.15, -0.1) is 0 Å². The van der Waals surface area contributed by atoms with Crippen LogP contribution in [0.15, 0.2) is 42.5 Å². The summed E-state index contributed by atoms with van der Waals surface area (Å²) in [4.78, 5) is 0. The van der Waals surface area contributed by atoms with Crippen LogP contribution in [0, 0.1) is 0 Å². The van der Waals surface area contributed by atoms with Gasteiger partial charge in [0.15, 0.2) is 6.29 Å². The molecular weight excluding hydrogens is 344 g/mol. The Morgan fingerprint density at radius 1 is 0.929 bits per heavy atom. The SMILES string of the molecule is COC(C)Oc1ccc(/C=C(\C)c2ccc3c(c2)C(C)(C)CCC3(C)C)cc1. The lowest BCUT2D eigenvalue weighted by Crippen LogP contribution is -2.33. The minimum absolute atomic E-state index is 0.234. The molecule has 3 rings (SSSR count). The van der Waals surface area contributed by atoms with Crippen LogP contribution in [0.4, 0.5) is 0 Å². The van der Waals surface area contributed by atoms with Gasteiger partial charge in [-0.1, -0.05) is 64.1 Å². The summed E-state index contributed by atoms with van der Waals surface area (Å²) in [6.07, 6.45) is 4.48. The van der Waals surface area contributed by atoms with Gasteiger partial charge in [-0.05, 0) is 77.5 Å². The van der Waals surface area contributed by atoms with Crippen molar-refractivity contribution in [1.82, 2.24) is 0 Å². The van der Waals surface area contributed by atoms with E-state index in [1.54, 1.807) is 7.11 Å². The van der Waals surface area contributed by atoms with Gasteiger partial charge in [0.2, 0.25) is 0 Å². The number of hydrogen-bond donors (Lipinski definition) is 0. The summed E-state index contributed by atoms with van der Waals surface area (Å²) in [7, 11) is 1.64. The molecule has 1 atom stereocenters. The summed E-state index contributed by atoms with van der Waals surface area (Å²) in [6.45, 7) is 13.6. The quantitative estimate of drug-likeness (QED) is 0.413. The van der Waals surface area contributed by atoms with Crippen molar-refractivity contribution in [2.75, 3.05) is 7.11 Å². The molecule has 1 aliphatic rings. The lowest BCUT2D eigenvalue weighted by Gasteiger charge is -2.42. The van der Waals surface area contributed by atoms with Crippen molar-refractivity contribution in [3.63, 3.8) is 0 Å². The largest absolute Gasteiger partial charge is 0.465 e. The predicted octanol–water partition coefficient (Wildman–Crippen LogP) is 6.97. The molecule has 0 aromatic heterocycles. The number of methoxy groups -OCH3 is 1. The molecule has 0 radical (unpaired) electrons. The van der Waals surface area contributed by atoms with E-state index in [-0.39, 0.29) is 17.1 Å². The van der Waals surface area contributed by atoms with E-state index in [4.69, 9.17) is 9.47 Å². The van der Waals surface area contributed by atoms with E-state index < -0.39 is 0 Å². The molecule has 0 fully saturated rings. The van der Waals surface area contributed by atoms with Gasteiger partial charge in [0.05, 0.1) is 0 Å². The minimum atomic E-state index is -0.244. The normalized spacial score (nSPS) is 19.0. The lowest BCUT2D eigenvalue weighted by atomic mass is 9.63. The molecule has 2 nitrogen and oxygen atoms in total. The molecule has 0 amide bonds. The van der Waals surface area contributed by atoms with E-state index in [1.807, 2.05) is 19.1 Å². The predicted molar refractivity (Wildman–Crippen MR) is 119 cm³/mol. The number of ether oxygens (including phenoxy) is 2.